The second-order valence-corrected chi connectivity index (χ2v) is 7.63. The molecule has 2 fully saturated rings. The SMILES string of the molecule is CC(C)CC(CC(C)C)N(CC1CCCN1)C1CC1. The van der Waals surface area contributed by atoms with E-state index in [2.05, 4.69) is 37.9 Å². The van der Waals surface area contributed by atoms with Gasteiger partial charge in [-0.2, -0.15) is 0 Å². The van der Waals surface area contributed by atoms with Gasteiger partial charge in [-0.1, -0.05) is 27.7 Å². The summed E-state index contributed by atoms with van der Waals surface area (Å²) in [5, 5.41) is 3.69. The third-order valence-corrected chi connectivity index (χ3v) is 4.57. The van der Waals surface area contributed by atoms with Crippen molar-refractivity contribution in [1.82, 2.24) is 10.2 Å². The van der Waals surface area contributed by atoms with E-state index in [0.29, 0.717) is 0 Å². The Morgan fingerprint density at radius 1 is 1.00 bits per heavy atom. The lowest BCUT2D eigenvalue weighted by Crippen LogP contribution is -2.45. The van der Waals surface area contributed by atoms with Gasteiger partial charge >= 0.3 is 0 Å². The van der Waals surface area contributed by atoms with Crippen LogP contribution in [0.15, 0.2) is 0 Å². The van der Waals surface area contributed by atoms with Crippen molar-refractivity contribution in [3.05, 3.63) is 0 Å². The first-order valence-corrected chi connectivity index (χ1v) is 8.55. The topological polar surface area (TPSA) is 15.3 Å². The molecule has 2 aliphatic rings. The zero-order valence-electron chi connectivity index (χ0n) is 13.5. The monoisotopic (exact) mass is 266 g/mol. The zero-order valence-corrected chi connectivity index (χ0v) is 13.5. The van der Waals surface area contributed by atoms with E-state index in [1.807, 2.05) is 0 Å². The highest BCUT2D eigenvalue weighted by Gasteiger charge is 2.35. The molecule has 0 bridgehead atoms. The number of nitrogens with zero attached hydrogens (tertiary/aromatic N) is 1. The van der Waals surface area contributed by atoms with Gasteiger partial charge in [0.15, 0.2) is 0 Å². The smallest absolute Gasteiger partial charge is 0.0195 e. The fourth-order valence-corrected chi connectivity index (χ4v) is 3.62. The summed E-state index contributed by atoms with van der Waals surface area (Å²) in [6.07, 6.45) is 8.41. The van der Waals surface area contributed by atoms with Crippen LogP contribution in [0.3, 0.4) is 0 Å². The molecule has 0 spiro atoms. The van der Waals surface area contributed by atoms with Gasteiger partial charge in [-0.25, -0.2) is 0 Å². The Labute approximate surface area is 120 Å². The lowest BCUT2D eigenvalue weighted by atomic mass is 9.93. The third-order valence-electron chi connectivity index (χ3n) is 4.57. The maximum absolute atomic E-state index is 3.69. The Hall–Kier alpha value is -0.0800. The van der Waals surface area contributed by atoms with Crippen LogP contribution < -0.4 is 5.32 Å². The van der Waals surface area contributed by atoms with E-state index in [4.69, 9.17) is 0 Å². The molecule has 19 heavy (non-hydrogen) atoms. The maximum Gasteiger partial charge on any atom is 0.0195 e. The van der Waals surface area contributed by atoms with Gasteiger partial charge in [0.1, 0.15) is 0 Å². The number of hydrogen-bond donors (Lipinski definition) is 1. The molecule has 112 valence electrons. The number of rotatable bonds is 8. The van der Waals surface area contributed by atoms with Gasteiger partial charge < -0.3 is 5.32 Å². The highest BCUT2D eigenvalue weighted by Crippen LogP contribution is 2.33. The molecular formula is C17H34N2. The van der Waals surface area contributed by atoms with Crippen molar-refractivity contribution in [3.63, 3.8) is 0 Å². The highest BCUT2D eigenvalue weighted by atomic mass is 15.2. The molecule has 2 heteroatoms. The molecule has 1 aliphatic carbocycles. The molecule has 1 heterocycles. The third kappa shape index (κ3) is 5.07. The molecule has 2 nitrogen and oxygen atoms in total. The Balaban J connectivity index is 1.95. The molecule has 1 aliphatic heterocycles. The van der Waals surface area contributed by atoms with Gasteiger partial charge in [-0.3, -0.25) is 4.90 Å². The first-order chi connectivity index (χ1) is 9.06. The van der Waals surface area contributed by atoms with Gasteiger partial charge in [0.05, 0.1) is 0 Å². The normalized spacial score (nSPS) is 24.3. The van der Waals surface area contributed by atoms with E-state index in [1.54, 1.807) is 0 Å². The van der Waals surface area contributed by atoms with Crippen molar-refractivity contribution in [2.75, 3.05) is 13.1 Å². The van der Waals surface area contributed by atoms with Crippen LogP contribution in [0.25, 0.3) is 0 Å². The van der Waals surface area contributed by atoms with Crippen LogP contribution in [0.5, 0.6) is 0 Å². The van der Waals surface area contributed by atoms with E-state index in [1.165, 1.54) is 51.6 Å². The van der Waals surface area contributed by atoms with Crippen LogP contribution in [0.4, 0.5) is 0 Å². The van der Waals surface area contributed by atoms with Crippen molar-refractivity contribution in [2.45, 2.75) is 84.3 Å². The van der Waals surface area contributed by atoms with Crippen LogP contribution in [-0.2, 0) is 0 Å². The fourth-order valence-electron chi connectivity index (χ4n) is 3.62. The van der Waals surface area contributed by atoms with Gasteiger partial charge in [0, 0.05) is 24.7 Å². The van der Waals surface area contributed by atoms with Crippen LogP contribution in [0, 0.1) is 11.8 Å². The minimum atomic E-state index is 0.766. The predicted octanol–water partition coefficient (Wildman–Crippen LogP) is 3.66. The molecule has 1 unspecified atom stereocenters. The average molecular weight is 266 g/mol. The largest absolute Gasteiger partial charge is 0.313 e. The van der Waals surface area contributed by atoms with E-state index in [9.17, 15) is 0 Å². The van der Waals surface area contributed by atoms with Gasteiger partial charge in [0.25, 0.3) is 0 Å². The molecule has 0 radical (unpaired) electrons. The number of nitrogens with one attached hydrogen (secondary N) is 1. The second-order valence-electron chi connectivity index (χ2n) is 7.63. The van der Waals surface area contributed by atoms with Crippen molar-refractivity contribution < 1.29 is 0 Å². The van der Waals surface area contributed by atoms with E-state index in [0.717, 1.165) is 30.0 Å². The lowest BCUT2D eigenvalue weighted by Gasteiger charge is -2.36. The van der Waals surface area contributed by atoms with Crippen LogP contribution in [-0.4, -0.2) is 36.1 Å². The van der Waals surface area contributed by atoms with Crippen LogP contribution in [0.2, 0.25) is 0 Å². The summed E-state index contributed by atoms with van der Waals surface area (Å²) in [4.78, 5) is 2.88. The first kappa shape index (κ1) is 15.3. The summed E-state index contributed by atoms with van der Waals surface area (Å²) in [5.74, 6) is 1.64. The van der Waals surface area contributed by atoms with Crippen molar-refractivity contribution in [2.24, 2.45) is 11.8 Å². The van der Waals surface area contributed by atoms with Gasteiger partial charge in [-0.05, 0) is 56.9 Å². The molecule has 0 aromatic rings. The fraction of sp³-hybridized carbons (Fsp3) is 1.00. The summed E-state index contributed by atoms with van der Waals surface area (Å²) in [5.41, 5.74) is 0. The standard InChI is InChI=1S/C17H34N2/c1-13(2)10-17(11-14(3)4)19(16-7-8-16)12-15-6-5-9-18-15/h13-18H,5-12H2,1-4H3. The van der Waals surface area contributed by atoms with Crippen molar-refractivity contribution >= 4 is 0 Å². The van der Waals surface area contributed by atoms with Crippen molar-refractivity contribution in [1.29, 1.82) is 0 Å². The van der Waals surface area contributed by atoms with Crippen molar-refractivity contribution in [3.8, 4) is 0 Å². The van der Waals surface area contributed by atoms with Crippen LogP contribution >= 0.6 is 0 Å². The lowest BCUT2D eigenvalue weighted by molar-refractivity contribution is 0.131. The quantitative estimate of drug-likeness (QED) is 0.721. The summed E-state index contributed by atoms with van der Waals surface area (Å²) in [6, 6.07) is 2.49. The Morgan fingerprint density at radius 2 is 1.63 bits per heavy atom. The summed E-state index contributed by atoms with van der Waals surface area (Å²) < 4.78 is 0. The average Bonchev–Trinajstić information content (AvgIpc) is 3.01. The minimum absolute atomic E-state index is 0.766. The molecule has 0 amide bonds. The molecule has 1 atom stereocenters. The molecule has 1 saturated heterocycles. The molecule has 0 aromatic heterocycles. The second kappa shape index (κ2) is 7.08. The van der Waals surface area contributed by atoms with Gasteiger partial charge in [-0.15, -0.1) is 0 Å². The maximum atomic E-state index is 3.69. The predicted molar refractivity (Wildman–Crippen MR) is 83.5 cm³/mol. The molecule has 2 rings (SSSR count). The zero-order chi connectivity index (χ0) is 13.8. The summed E-state index contributed by atoms with van der Waals surface area (Å²) in [7, 11) is 0. The highest BCUT2D eigenvalue weighted by molar-refractivity contribution is 4.92. The molecule has 1 saturated carbocycles. The van der Waals surface area contributed by atoms with E-state index in [-0.39, 0.29) is 0 Å². The van der Waals surface area contributed by atoms with Gasteiger partial charge in [0.2, 0.25) is 0 Å². The first-order valence-electron chi connectivity index (χ1n) is 8.55. The van der Waals surface area contributed by atoms with E-state index >= 15 is 0 Å². The molecular weight excluding hydrogens is 232 g/mol. The summed E-state index contributed by atoms with van der Waals surface area (Å²) in [6.45, 7) is 12.1. The summed E-state index contributed by atoms with van der Waals surface area (Å²) >= 11 is 0. The minimum Gasteiger partial charge on any atom is -0.313 e. The Morgan fingerprint density at radius 3 is 2.05 bits per heavy atom. The molecule has 0 aromatic carbocycles. The molecule has 1 N–H and O–H groups in total. The van der Waals surface area contributed by atoms with Crippen LogP contribution in [0.1, 0.15) is 66.2 Å². The Kier molecular flexibility index (Phi) is 5.70. The van der Waals surface area contributed by atoms with E-state index < -0.39 is 0 Å². The number of hydrogen-bond acceptors (Lipinski definition) is 2. The Bertz CT molecular complexity index is 242.